The normalized spacial score (nSPS) is 17.7. The van der Waals surface area contributed by atoms with Crippen LogP contribution < -0.4 is 10.0 Å². The fraction of sp³-hybridized carbons (Fsp3) is 0.250. The van der Waals surface area contributed by atoms with Crippen LogP contribution in [-0.4, -0.2) is 45.8 Å². The van der Waals surface area contributed by atoms with Crippen molar-refractivity contribution in [2.75, 3.05) is 11.9 Å². The van der Waals surface area contributed by atoms with Gasteiger partial charge in [-0.05, 0) is 41.3 Å². The van der Waals surface area contributed by atoms with E-state index in [9.17, 15) is 13.5 Å². The molecule has 3 N–H and O–H groups in total. The van der Waals surface area contributed by atoms with E-state index in [-0.39, 0.29) is 30.4 Å². The lowest BCUT2D eigenvalue weighted by Crippen LogP contribution is -2.24. The molecule has 0 spiro atoms. The van der Waals surface area contributed by atoms with E-state index >= 15 is 0 Å². The molecular weight excluding hydrogens is 516 g/mol. The Bertz CT molecular complexity index is 1720. The minimum Gasteiger partial charge on any atom is -0.394 e. The summed E-state index contributed by atoms with van der Waals surface area (Å²) in [6, 6.07) is 22.5. The van der Waals surface area contributed by atoms with Gasteiger partial charge in [0.25, 0.3) is 0 Å². The average molecular weight is 545 g/mol. The molecule has 0 aliphatic carbocycles. The molecule has 2 atom stereocenters. The highest BCUT2D eigenvalue weighted by atomic mass is 32.2. The SMILES string of the molecule is O=S(=O)(NCc1nc(NCc2cccc3ccccc23)c2ncn(C3CCC(CO)O3)c2n1)c1ccccc1. The number of rotatable bonds is 9. The summed E-state index contributed by atoms with van der Waals surface area (Å²) >= 11 is 0. The lowest BCUT2D eigenvalue weighted by Gasteiger charge is -2.15. The van der Waals surface area contributed by atoms with Gasteiger partial charge in [0.1, 0.15) is 12.1 Å². The molecule has 1 aliphatic rings. The first kappa shape index (κ1) is 25.4. The molecule has 1 aliphatic heterocycles. The number of fused-ring (bicyclic) bond motifs is 2. The Labute approximate surface area is 225 Å². The van der Waals surface area contributed by atoms with E-state index in [0.29, 0.717) is 35.8 Å². The number of imidazole rings is 1. The van der Waals surface area contributed by atoms with Gasteiger partial charge < -0.3 is 15.2 Å². The van der Waals surface area contributed by atoms with Crippen LogP contribution in [0.5, 0.6) is 0 Å². The van der Waals surface area contributed by atoms with Gasteiger partial charge in [0.05, 0.1) is 30.5 Å². The molecule has 2 aromatic heterocycles. The van der Waals surface area contributed by atoms with Gasteiger partial charge in [-0.1, -0.05) is 60.7 Å². The van der Waals surface area contributed by atoms with Crippen molar-refractivity contribution in [2.24, 2.45) is 0 Å². The maximum Gasteiger partial charge on any atom is 0.240 e. The van der Waals surface area contributed by atoms with Crippen LogP contribution in [-0.2, 0) is 27.8 Å². The van der Waals surface area contributed by atoms with Gasteiger partial charge in [-0.25, -0.2) is 28.1 Å². The molecule has 3 heterocycles. The van der Waals surface area contributed by atoms with Gasteiger partial charge >= 0.3 is 0 Å². The lowest BCUT2D eigenvalue weighted by molar-refractivity contribution is -0.0207. The number of aliphatic hydroxyl groups excluding tert-OH is 1. The Morgan fingerprint density at radius 3 is 2.56 bits per heavy atom. The van der Waals surface area contributed by atoms with Crippen molar-refractivity contribution in [2.45, 2.75) is 43.2 Å². The fourth-order valence-electron chi connectivity index (χ4n) is 4.87. The minimum absolute atomic E-state index is 0.0531. The summed E-state index contributed by atoms with van der Waals surface area (Å²) in [6.07, 6.45) is 2.51. The molecule has 200 valence electrons. The number of ether oxygens (including phenoxy) is 1. The van der Waals surface area contributed by atoms with Gasteiger partial charge in [-0.15, -0.1) is 0 Å². The van der Waals surface area contributed by atoms with E-state index in [2.05, 4.69) is 49.3 Å². The second-order valence-corrected chi connectivity index (χ2v) is 11.2. The highest BCUT2D eigenvalue weighted by molar-refractivity contribution is 7.89. The largest absolute Gasteiger partial charge is 0.394 e. The van der Waals surface area contributed by atoms with Gasteiger partial charge in [-0.2, -0.15) is 0 Å². The molecule has 39 heavy (non-hydrogen) atoms. The first-order valence-corrected chi connectivity index (χ1v) is 14.2. The molecule has 0 radical (unpaired) electrons. The Morgan fingerprint density at radius 1 is 0.949 bits per heavy atom. The first-order valence-electron chi connectivity index (χ1n) is 12.8. The molecular formula is C28H28N6O4S. The van der Waals surface area contributed by atoms with Gasteiger partial charge in [0.15, 0.2) is 17.0 Å². The van der Waals surface area contributed by atoms with Gasteiger partial charge in [0, 0.05) is 6.54 Å². The van der Waals surface area contributed by atoms with Crippen molar-refractivity contribution < 1.29 is 18.3 Å². The predicted molar refractivity (Wildman–Crippen MR) is 147 cm³/mol. The lowest BCUT2D eigenvalue weighted by atomic mass is 10.0. The summed E-state index contributed by atoms with van der Waals surface area (Å²) in [5, 5.41) is 15.2. The van der Waals surface area contributed by atoms with Crippen LogP contribution in [0.25, 0.3) is 21.9 Å². The van der Waals surface area contributed by atoms with Crippen molar-refractivity contribution in [3.05, 3.63) is 90.5 Å². The fourth-order valence-corrected chi connectivity index (χ4v) is 5.87. The number of nitrogens with one attached hydrogen (secondary N) is 2. The number of nitrogens with zero attached hydrogens (tertiary/aromatic N) is 4. The molecule has 0 amide bonds. The van der Waals surface area contributed by atoms with E-state index in [1.165, 1.54) is 12.1 Å². The Hall–Kier alpha value is -3.90. The topological polar surface area (TPSA) is 131 Å². The number of anilines is 1. The molecule has 11 heteroatoms. The quantitative estimate of drug-likeness (QED) is 0.256. The summed E-state index contributed by atoms with van der Waals surface area (Å²) in [5.74, 6) is 0.790. The number of benzene rings is 3. The predicted octanol–water partition coefficient (Wildman–Crippen LogP) is 3.74. The zero-order valence-electron chi connectivity index (χ0n) is 21.1. The maximum absolute atomic E-state index is 12.8. The smallest absolute Gasteiger partial charge is 0.240 e. The number of hydrogen-bond acceptors (Lipinski definition) is 8. The molecule has 1 fully saturated rings. The molecule has 1 saturated heterocycles. The Balaban J connectivity index is 1.34. The molecule has 0 saturated carbocycles. The monoisotopic (exact) mass is 544 g/mol. The maximum atomic E-state index is 12.8. The number of aliphatic hydroxyl groups is 1. The van der Waals surface area contributed by atoms with Crippen molar-refractivity contribution in [3.63, 3.8) is 0 Å². The van der Waals surface area contributed by atoms with Crippen LogP contribution in [0, 0.1) is 0 Å². The Kier molecular flexibility index (Phi) is 6.96. The third-order valence-electron chi connectivity index (χ3n) is 6.87. The van der Waals surface area contributed by atoms with Crippen molar-refractivity contribution in [3.8, 4) is 0 Å². The summed E-state index contributed by atoms with van der Waals surface area (Å²) < 4.78 is 36.1. The number of sulfonamides is 1. The molecule has 0 bridgehead atoms. The second kappa shape index (κ2) is 10.7. The molecule has 6 rings (SSSR count). The van der Waals surface area contributed by atoms with E-state index in [0.717, 1.165) is 22.8 Å². The molecule has 2 unspecified atom stereocenters. The molecule has 5 aromatic rings. The summed E-state index contributed by atoms with van der Waals surface area (Å²) in [5.41, 5.74) is 2.18. The van der Waals surface area contributed by atoms with Gasteiger partial charge in [0.2, 0.25) is 10.0 Å². The van der Waals surface area contributed by atoms with Crippen LogP contribution in [0.1, 0.15) is 30.5 Å². The highest BCUT2D eigenvalue weighted by Crippen LogP contribution is 2.32. The summed E-state index contributed by atoms with van der Waals surface area (Å²) in [4.78, 5) is 14.1. The molecule has 3 aromatic carbocycles. The van der Waals surface area contributed by atoms with E-state index in [1.807, 2.05) is 22.8 Å². The van der Waals surface area contributed by atoms with Crippen LogP contribution in [0.15, 0.2) is 84.0 Å². The van der Waals surface area contributed by atoms with Gasteiger partial charge in [-0.3, -0.25) is 4.57 Å². The number of aromatic nitrogens is 4. The zero-order valence-corrected chi connectivity index (χ0v) is 21.9. The van der Waals surface area contributed by atoms with Crippen molar-refractivity contribution in [1.29, 1.82) is 0 Å². The molecule has 10 nitrogen and oxygen atoms in total. The Morgan fingerprint density at radius 2 is 1.74 bits per heavy atom. The van der Waals surface area contributed by atoms with Crippen LogP contribution >= 0.6 is 0 Å². The zero-order chi connectivity index (χ0) is 26.8. The standard InChI is InChI=1S/C28H28N6O4S/c35-17-21-13-14-25(38-21)34-18-30-26-27(29-15-20-9-6-8-19-7-4-5-12-23(19)20)32-24(33-28(26)34)16-31-39(36,37)22-10-2-1-3-11-22/h1-12,18,21,25,31,35H,13-17H2,(H,29,32,33). The second-order valence-electron chi connectivity index (χ2n) is 9.41. The van der Waals surface area contributed by atoms with Crippen LogP contribution in [0.3, 0.4) is 0 Å². The average Bonchev–Trinajstić information content (AvgIpc) is 3.62. The van der Waals surface area contributed by atoms with Crippen molar-refractivity contribution in [1.82, 2.24) is 24.2 Å². The third-order valence-corrected chi connectivity index (χ3v) is 8.28. The van der Waals surface area contributed by atoms with E-state index in [4.69, 9.17) is 4.74 Å². The number of hydrogen-bond donors (Lipinski definition) is 3. The summed E-state index contributed by atoms with van der Waals surface area (Å²) in [7, 11) is -3.75. The van der Waals surface area contributed by atoms with E-state index in [1.54, 1.807) is 24.5 Å². The summed E-state index contributed by atoms with van der Waals surface area (Å²) in [6.45, 7) is 0.330. The van der Waals surface area contributed by atoms with Crippen LogP contribution in [0.4, 0.5) is 5.82 Å². The van der Waals surface area contributed by atoms with Crippen LogP contribution in [0.2, 0.25) is 0 Å². The van der Waals surface area contributed by atoms with Crippen molar-refractivity contribution >= 4 is 37.8 Å². The third kappa shape index (κ3) is 5.21. The van der Waals surface area contributed by atoms with E-state index < -0.39 is 10.0 Å². The minimum atomic E-state index is -3.75. The first-order chi connectivity index (χ1) is 19.0. The highest BCUT2D eigenvalue weighted by Gasteiger charge is 2.28.